The second-order valence-corrected chi connectivity index (χ2v) is 6.59. The Kier molecular flexibility index (Phi) is 5.37. The smallest absolute Gasteiger partial charge is 0.268 e. The van der Waals surface area contributed by atoms with Crippen molar-refractivity contribution >= 4 is 23.4 Å². The first-order valence-electron chi connectivity index (χ1n) is 7.13. The van der Waals surface area contributed by atoms with Gasteiger partial charge in [-0.05, 0) is 19.9 Å². The number of nitrogens with zero attached hydrogens (tertiary/aromatic N) is 2. The minimum atomic E-state index is -0.0400. The van der Waals surface area contributed by atoms with Crippen LogP contribution in [0.1, 0.15) is 30.4 Å². The quantitative estimate of drug-likeness (QED) is 0.863. The van der Waals surface area contributed by atoms with Crippen LogP contribution in [0.2, 0.25) is 0 Å². The predicted molar refractivity (Wildman–Crippen MR) is 85.3 cm³/mol. The van der Waals surface area contributed by atoms with Gasteiger partial charge in [0.05, 0.1) is 5.69 Å². The summed E-state index contributed by atoms with van der Waals surface area (Å²) >= 11 is 2.00. The first kappa shape index (κ1) is 15.3. The summed E-state index contributed by atoms with van der Waals surface area (Å²) in [4.78, 5) is 14.6. The molecule has 0 aromatic carbocycles. The molecule has 0 radical (unpaired) electrons. The lowest BCUT2D eigenvalue weighted by molar-refractivity contribution is 0.0938. The van der Waals surface area contributed by atoms with Crippen LogP contribution in [0.15, 0.2) is 12.3 Å². The fraction of sp³-hybridized carbons (Fsp3) is 0.643. The summed E-state index contributed by atoms with van der Waals surface area (Å²) in [6, 6.07) is 1.97. The summed E-state index contributed by atoms with van der Waals surface area (Å²) in [6.45, 7) is 7.94. The van der Waals surface area contributed by atoms with Crippen molar-refractivity contribution < 1.29 is 4.79 Å². The zero-order chi connectivity index (χ0) is 14.5. The number of amides is 1. The maximum absolute atomic E-state index is 12.2. The molecule has 0 bridgehead atoms. The Morgan fingerprint density at radius 2 is 2.15 bits per heavy atom. The van der Waals surface area contributed by atoms with Gasteiger partial charge < -0.3 is 15.6 Å². The number of anilines is 1. The van der Waals surface area contributed by atoms with Crippen molar-refractivity contribution in [3.05, 3.63) is 18.0 Å². The topological polar surface area (TPSA) is 63.3 Å². The molecule has 1 aromatic heterocycles. The molecule has 20 heavy (non-hydrogen) atoms. The highest BCUT2D eigenvalue weighted by molar-refractivity contribution is 7.99. The van der Waals surface area contributed by atoms with E-state index in [1.165, 1.54) is 11.5 Å². The number of aromatic nitrogens is 1. The average Bonchev–Trinajstić information content (AvgIpc) is 2.82. The average molecular weight is 296 g/mol. The normalized spacial score (nSPS) is 16.6. The molecule has 1 amide bonds. The highest BCUT2D eigenvalue weighted by Gasteiger charge is 2.15. The fourth-order valence-corrected chi connectivity index (χ4v) is 3.33. The van der Waals surface area contributed by atoms with Gasteiger partial charge in [-0.15, -0.1) is 0 Å². The molecular weight excluding hydrogens is 272 g/mol. The molecule has 0 saturated carbocycles. The van der Waals surface area contributed by atoms with E-state index in [-0.39, 0.29) is 11.9 Å². The maximum atomic E-state index is 12.2. The highest BCUT2D eigenvalue weighted by atomic mass is 32.2. The van der Waals surface area contributed by atoms with Gasteiger partial charge in [-0.3, -0.25) is 9.69 Å². The second-order valence-electron chi connectivity index (χ2n) is 5.37. The van der Waals surface area contributed by atoms with Crippen LogP contribution in [0.5, 0.6) is 0 Å². The first-order valence-corrected chi connectivity index (χ1v) is 8.29. The van der Waals surface area contributed by atoms with E-state index in [1.54, 1.807) is 6.07 Å². The van der Waals surface area contributed by atoms with E-state index in [2.05, 4.69) is 10.2 Å². The number of nitrogens with one attached hydrogen (secondary N) is 1. The first-order chi connectivity index (χ1) is 9.58. The zero-order valence-corrected chi connectivity index (χ0v) is 13.1. The van der Waals surface area contributed by atoms with Gasteiger partial charge in [-0.25, -0.2) is 0 Å². The van der Waals surface area contributed by atoms with E-state index < -0.39 is 0 Å². The number of nitrogens with two attached hydrogens (primary N) is 1. The van der Waals surface area contributed by atoms with Crippen molar-refractivity contribution in [2.45, 2.75) is 19.9 Å². The molecule has 0 aliphatic carbocycles. The summed E-state index contributed by atoms with van der Waals surface area (Å²) < 4.78 is 1.92. The molecule has 1 fully saturated rings. The summed E-state index contributed by atoms with van der Waals surface area (Å²) in [7, 11) is 0. The summed E-state index contributed by atoms with van der Waals surface area (Å²) in [6.07, 6.45) is 1.82. The van der Waals surface area contributed by atoms with E-state index in [0.717, 1.165) is 19.6 Å². The van der Waals surface area contributed by atoms with Crippen molar-refractivity contribution in [3.8, 4) is 0 Å². The van der Waals surface area contributed by atoms with Gasteiger partial charge in [0.1, 0.15) is 5.69 Å². The van der Waals surface area contributed by atoms with Crippen LogP contribution in [-0.4, -0.2) is 53.1 Å². The van der Waals surface area contributed by atoms with E-state index in [1.807, 2.05) is 36.4 Å². The molecule has 1 aliphatic heterocycles. The Morgan fingerprint density at radius 1 is 1.45 bits per heavy atom. The van der Waals surface area contributed by atoms with E-state index in [4.69, 9.17) is 5.73 Å². The maximum Gasteiger partial charge on any atom is 0.268 e. The number of nitrogen functional groups attached to an aromatic ring is 1. The summed E-state index contributed by atoms with van der Waals surface area (Å²) in [5.74, 6) is 2.35. The standard InChI is InChI=1S/C14H24N4OS/c1-11(2)18-10-12(15)9-13(18)14(19)16-3-4-17-5-7-20-8-6-17/h9-11H,3-8,15H2,1-2H3,(H,16,19). The number of hydrogen-bond acceptors (Lipinski definition) is 4. The number of rotatable bonds is 5. The van der Waals surface area contributed by atoms with Crippen LogP contribution in [0.4, 0.5) is 5.69 Å². The van der Waals surface area contributed by atoms with Crippen LogP contribution in [0.3, 0.4) is 0 Å². The third kappa shape index (κ3) is 3.93. The highest BCUT2D eigenvalue weighted by Crippen LogP contribution is 2.16. The van der Waals surface area contributed by atoms with Crippen LogP contribution < -0.4 is 11.1 Å². The number of carbonyl (C=O) groups is 1. The number of thioether (sulfide) groups is 1. The molecule has 0 atom stereocenters. The third-order valence-corrected chi connectivity index (χ3v) is 4.42. The molecule has 1 saturated heterocycles. The van der Waals surface area contributed by atoms with Crippen molar-refractivity contribution in [2.75, 3.05) is 43.4 Å². The lowest BCUT2D eigenvalue weighted by Gasteiger charge is -2.26. The molecule has 1 aliphatic rings. The van der Waals surface area contributed by atoms with Gasteiger partial charge in [0.25, 0.3) is 5.91 Å². The minimum Gasteiger partial charge on any atom is -0.397 e. The Morgan fingerprint density at radius 3 is 2.80 bits per heavy atom. The van der Waals surface area contributed by atoms with Crippen molar-refractivity contribution in [2.24, 2.45) is 0 Å². The lowest BCUT2D eigenvalue weighted by atomic mass is 10.3. The Labute approximate surface area is 124 Å². The van der Waals surface area contributed by atoms with Crippen LogP contribution in [0.25, 0.3) is 0 Å². The number of hydrogen-bond donors (Lipinski definition) is 2. The van der Waals surface area contributed by atoms with Gasteiger partial charge in [0.15, 0.2) is 0 Å². The van der Waals surface area contributed by atoms with Crippen molar-refractivity contribution in [1.82, 2.24) is 14.8 Å². The fourth-order valence-electron chi connectivity index (χ4n) is 2.35. The number of carbonyl (C=O) groups excluding carboxylic acids is 1. The predicted octanol–water partition coefficient (Wildman–Crippen LogP) is 1.43. The molecule has 0 unspecified atom stereocenters. The van der Waals surface area contributed by atoms with Gasteiger partial charge in [0.2, 0.25) is 0 Å². The monoisotopic (exact) mass is 296 g/mol. The molecular formula is C14H24N4OS. The van der Waals surface area contributed by atoms with E-state index >= 15 is 0 Å². The molecule has 3 N–H and O–H groups in total. The van der Waals surface area contributed by atoms with E-state index in [9.17, 15) is 4.79 Å². The molecule has 2 heterocycles. The van der Waals surface area contributed by atoms with Gasteiger partial charge in [-0.2, -0.15) is 11.8 Å². The summed E-state index contributed by atoms with van der Waals surface area (Å²) in [5.41, 5.74) is 7.07. The lowest BCUT2D eigenvalue weighted by Crippen LogP contribution is -2.39. The van der Waals surface area contributed by atoms with Crippen molar-refractivity contribution in [1.29, 1.82) is 0 Å². The Hall–Kier alpha value is -1.14. The van der Waals surface area contributed by atoms with Gasteiger partial charge >= 0.3 is 0 Å². The molecule has 5 nitrogen and oxygen atoms in total. The molecule has 1 aromatic rings. The van der Waals surface area contributed by atoms with Crippen LogP contribution in [-0.2, 0) is 0 Å². The largest absolute Gasteiger partial charge is 0.397 e. The van der Waals surface area contributed by atoms with Crippen LogP contribution >= 0.6 is 11.8 Å². The van der Waals surface area contributed by atoms with Crippen molar-refractivity contribution in [3.63, 3.8) is 0 Å². The summed E-state index contributed by atoms with van der Waals surface area (Å²) in [5, 5.41) is 2.99. The molecule has 112 valence electrons. The SMILES string of the molecule is CC(C)n1cc(N)cc1C(=O)NCCN1CCSCC1. The third-order valence-electron chi connectivity index (χ3n) is 3.48. The molecule has 6 heteroatoms. The zero-order valence-electron chi connectivity index (χ0n) is 12.3. The second kappa shape index (κ2) is 7.04. The van der Waals surface area contributed by atoms with Gasteiger partial charge in [-0.1, -0.05) is 0 Å². The minimum absolute atomic E-state index is 0.0400. The Balaban J connectivity index is 1.85. The van der Waals surface area contributed by atoms with Crippen LogP contribution in [0, 0.1) is 0 Å². The van der Waals surface area contributed by atoms with Gasteiger partial charge in [0, 0.05) is 49.9 Å². The van der Waals surface area contributed by atoms with E-state index in [0.29, 0.717) is 17.9 Å². The molecule has 0 spiro atoms. The Bertz CT molecular complexity index is 452. The molecule has 2 rings (SSSR count).